The van der Waals surface area contributed by atoms with E-state index in [0.717, 1.165) is 32.4 Å². The molecular weight excluding hydrogens is 214 g/mol. The first-order valence-corrected chi connectivity index (χ1v) is 6.82. The van der Waals surface area contributed by atoms with Gasteiger partial charge in [0.1, 0.15) is 6.10 Å². The van der Waals surface area contributed by atoms with E-state index in [2.05, 4.69) is 18.7 Å². The summed E-state index contributed by atoms with van der Waals surface area (Å²) in [6.07, 6.45) is 2.91. The van der Waals surface area contributed by atoms with Gasteiger partial charge in [0.25, 0.3) is 0 Å². The maximum Gasteiger partial charge on any atom is 0.311 e. The fourth-order valence-corrected chi connectivity index (χ4v) is 1.97. The van der Waals surface area contributed by atoms with Gasteiger partial charge in [0.15, 0.2) is 0 Å². The van der Waals surface area contributed by atoms with E-state index in [1.54, 1.807) is 0 Å². The van der Waals surface area contributed by atoms with Crippen molar-refractivity contribution in [2.75, 3.05) is 13.1 Å². The smallest absolute Gasteiger partial charge is 0.311 e. The van der Waals surface area contributed by atoms with Crippen molar-refractivity contribution in [3.05, 3.63) is 0 Å². The Kier molecular flexibility index (Phi) is 4.99. The Balaban J connectivity index is 2.38. The van der Waals surface area contributed by atoms with Crippen LogP contribution in [0, 0.1) is 5.41 Å². The van der Waals surface area contributed by atoms with Crippen LogP contribution >= 0.6 is 0 Å². The summed E-state index contributed by atoms with van der Waals surface area (Å²) in [5, 5.41) is 0. The van der Waals surface area contributed by atoms with Crippen LogP contribution in [0.25, 0.3) is 0 Å². The first kappa shape index (κ1) is 14.5. The number of carbonyl (C=O) groups is 1. The zero-order valence-corrected chi connectivity index (χ0v) is 12.0. The molecule has 1 heterocycles. The lowest BCUT2D eigenvalue weighted by Gasteiger charge is -2.35. The summed E-state index contributed by atoms with van der Waals surface area (Å²) in [6, 6.07) is 0.596. The van der Waals surface area contributed by atoms with E-state index < -0.39 is 0 Å². The molecule has 1 aliphatic rings. The van der Waals surface area contributed by atoms with E-state index >= 15 is 0 Å². The van der Waals surface area contributed by atoms with Crippen molar-refractivity contribution >= 4 is 5.97 Å². The van der Waals surface area contributed by atoms with Gasteiger partial charge in [0.05, 0.1) is 5.41 Å². The van der Waals surface area contributed by atoms with Crippen LogP contribution in [0.15, 0.2) is 0 Å². The number of esters is 1. The van der Waals surface area contributed by atoms with Crippen LogP contribution in [0.2, 0.25) is 0 Å². The molecule has 3 heteroatoms. The molecule has 0 spiro atoms. The number of likely N-dealkylation sites (tertiary alicyclic amines) is 1. The number of hydrogen-bond acceptors (Lipinski definition) is 3. The van der Waals surface area contributed by atoms with Crippen molar-refractivity contribution < 1.29 is 9.53 Å². The summed E-state index contributed by atoms with van der Waals surface area (Å²) in [6.45, 7) is 12.5. The van der Waals surface area contributed by atoms with Gasteiger partial charge >= 0.3 is 5.97 Å². The van der Waals surface area contributed by atoms with E-state index in [9.17, 15) is 4.79 Å². The second-order valence-electron chi connectivity index (χ2n) is 5.97. The first-order chi connectivity index (χ1) is 7.86. The van der Waals surface area contributed by atoms with Crippen molar-refractivity contribution in [2.24, 2.45) is 5.41 Å². The minimum Gasteiger partial charge on any atom is -0.462 e. The molecule has 0 unspecified atom stereocenters. The van der Waals surface area contributed by atoms with Crippen LogP contribution in [0.1, 0.15) is 53.9 Å². The maximum absolute atomic E-state index is 11.9. The fraction of sp³-hybridized carbons (Fsp3) is 0.929. The van der Waals surface area contributed by atoms with E-state index in [0.29, 0.717) is 6.04 Å². The van der Waals surface area contributed by atoms with Crippen LogP contribution < -0.4 is 0 Å². The number of piperidine rings is 1. The molecule has 0 N–H and O–H groups in total. The summed E-state index contributed by atoms with van der Waals surface area (Å²) in [4.78, 5) is 14.4. The highest BCUT2D eigenvalue weighted by molar-refractivity contribution is 5.75. The molecule has 0 radical (unpaired) electrons. The lowest BCUT2D eigenvalue weighted by Crippen LogP contribution is -2.42. The molecule has 0 bridgehead atoms. The molecule has 17 heavy (non-hydrogen) atoms. The molecular formula is C14H27NO2. The standard InChI is InChI=1S/C14H27NO2/c1-6-14(4,5)13(16)17-12-7-9-15(10-8-12)11(2)3/h11-12H,6-10H2,1-5H3. The molecule has 1 aliphatic heterocycles. The number of nitrogens with zero attached hydrogens (tertiary/aromatic N) is 1. The molecule has 0 aromatic rings. The zero-order valence-electron chi connectivity index (χ0n) is 12.0. The van der Waals surface area contributed by atoms with Gasteiger partial charge in [-0.1, -0.05) is 6.92 Å². The Hall–Kier alpha value is -0.570. The molecule has 0 atom stereocenters. The van der Waals surface area contributed by atoms with Gasteiger partial charge in [-0.05, 0) is 47.0 Å². The number of rotatable bonds is 4. The minimum absolute atomic E-state index is 0.0389. The molecule has 0 aromatic heterocycles. The third-order valence-corrected chi connectivity index (χ3v) is 3.92. The molecule has 1 rings (SSSR count). The molecule has 100 valence electrons. The SMILES string of the molecule is CCC(C)(C)C(=O)OC1CCN(C(C)C)CC1. The Morgan fingerprint density at radius 3 is 2.29 bits per heavy atom. The van der Waals surface area contributed by atoms with Crippen LogP contribution in [0.3, 0.4) is 0 Å². The molecule has 0 aromatic carbocycles. The maximum atomic E-state index is 11.9. The van der Waals surface area contributed by atoms with Crippen LogP contribution in [0.4, 0.5) is 0 Å². The Labute approximate surface area is 106 Å². The third kappa shape index (κ3) is 3.98. The monoisotopic (exact) mass is 241 g/mol. The summed E-state index contributed by atoms with van der Waals surface area (Å²) >= 11 is 0. The third-order valence-electron chi connectivity index (χ3n) is 3.92. The van der Waals surface area contributed by atoms with Crippen LogP contribution in [-0.4, -0.2) is 36.1 Å². The first-order valence-electron chi connectivity index (χ1n) is 6.82. The normalized spacial score (nSPS) is 19.6. The second kappa shape index (κ2) is 5.85. The van der Waals surface area contributed by atoms with Gasteiger partial charge in [0, 0.05) is 19.1 Å². The summed E-state index contributed by atoms with van der Waals surface area (Å²) < 4.78 is 5.61. The highest BCUT2D eigenvalue weighted by Gasteiger charge is 2.31. The molecule has 1 saturated heterocycles. The molecule has 3 nitrogen and oxygen atoms in total. The zero-order chi connectivity index (χ0) is 13.1. The van der Waals surface area contributed by atoms with Crippen molar-refractivity contribution in [2.45, 2.75) is 66.0 Å². The molecule has 0 saturated carbocycles. The Bertz CT molecular complexity index is 253. The molecule has 0 aliphatic carbocycles. The summed E-state index contributed by atoms with van der Waals surface area (Å²) in [5.41, 5.74) is -0.338. The number of carbonyl (C=O) groups excluding carboxylic acids is 1. The van der Waals surface area contributed by atoms with Gasteiger partial charge in [-0.3, -0.25) is 4.79 Å². The van der Waals surface area contributed by atoms with Crippen LogP contribution in [0.5, 0.6) is 0 Å². The van der Waals surface area contributed by atoms with Gasteiger partial charge < -0.3 is 9.64 Å². The lowest BCUT2D eigenvalue weighted by molar-refractivity contribution is -0.162. The van der Waals surface area contributed by atoms with Gasteiger partial charge in [-0.25, -0.2) is 0 Å². The van der Waals surface area contributed by atoms with E-state index in [1.165, 1.54) is 0 Å². The van der Waals surface area contributed by atoms with Gasteiger partial charge in [-0.15, -0.1) is 0 Å². The van der Waals surface area contributed by atoms with Crippen molar-refractivity contribution in [1.29, 1.82) is 0 Å². The van der Waals surface area contributed by atoms with Gasteiger partial charge in [0.2, 0.25) is 0 Å². The average molecular weight is 241 g/mol. The predicted octanol–water partition coefficient (Wildman–Crippen LogP) is 2.84. The minimum atomic E-state index is -0.338. The fourth-order valence-electron chi connectivity index (χ4n) is 1.97. The van der Waals surface area contributed by atoms with E-state index in [1.807, 2.05) is 20.8 Å². The average Bonchev–Trinajstić information content (AvgIpc) is 2.29. The summed E-state index contributed by atoms with van der Waals surface area (Å²) in [7, 11) is 0. The van der Waals surface area contributed by atoms with E-state index in [4.69, 9.17) is 4.74 Å². The highest BCUT2D eigenvalue weighted by atomic mass is 16.5. The van der Waals surface area contributed by atoms with Gasteiger partial charge in [-0.2, -0.15) is 0 Å². The molecule has 0 amide bonds. The second-order valence-corrected chi connectivity index (χ2v) is 5.97. The topological polar surface area (TPSA) is 29.5 Å². The number of hydrogen-bond donors (Lipinski definition) is 0. The van der Waals surface area contributed by atoms with Crippen molar-refractivity contribution in [3.63, 3.8) is 0 Å². The highest BCUT2D eigenvalue weighted by Crippen LogP contribution is 2.24. The largest absolute Gasteiger partial charge is 0.462 e. The van der Waals surface area contributed by atoms with Crippen molar-refractivity contribution in [1.82, 2.24) is 4.90 Å². The van der Waals surface area contributed by atoms with Crippen LogP contribution in [-0.2, 0) is 9.53 Å². The molecule has 1 fully saturated rings. The predicted molar refractivity (Wildman–Crippen MR) is 69.9 cm³/mol. The summed E-state index contributed by atoms with van der Waals surface area (Å²) in [5.74, 6) is -0.0389. The van der Waals surface area contributed by atoms with E-state index in [-0.39, 0.29) is 17.5 Å². The quantitative estimate of drug-likeness (QED) is 0.709. The van der Waals surface area contributed by atoms with Crippen molar-refractivity contribution in [3.8, 4) is 0 Å². The Morgan fingerprint density at radius 1 is 1.35 bits per heavy atom. The number of ether oxygens (including phenoxy) is 1. The Morgan fingerprint density at radius 2 is 1.88 bits per heavy atom. The lowest BCUT2D eigenvalue weighted by atomic mass is 9.90.